The van der Waals surface area contributed by atoms with Gasteiger partial charge in [-0.25, -0.2) is 4.39 Å². The number of nitrogens with zero attached hydrogens (tertiary/aromatic N) is 1. The van der Waals surface area contributed by atoms with Gasteiger partial charge in [-0.05, 0) is 18.2 Å². The van der Waals surface area contributed by atoms with Crippen LogP contribution in [0.4, 0.5) is 15.8 Å². The van der Waals surface area contributed by atoms with Crippen LogP contribution < -0.4 is 11.1 Å². The lowest BCUT2D eigenvalue weighted by molar-refractivity contribution is 0.102. The zero-order valence-corrected chi connectivity index (χ0v) is 9.22. The van der Waals surface area contributed by atoms with Crippen LogP contribution in [0.15, 0.2) is 36.7 Å². The van der Waals surface area contributed by atoms with E-state index in [2.05, 4.69) is 10.3 Å². The highest BCUT2D eigenvalue weighted by Crippen LogP contribution is 2.23. The second-order valence-electron chi connectivity index (χ2n) is 3.62. The minimum absolute atomic E-state index is 0.00192. The number of nitrogen functional groups attached to an aromatic ring is 1. The van der Waals surface area contributed by atoms with E-state index in [0.717, 1.165) is 12.3 Å². The van der Waals surface area contributed by atoms with E-state index in [1.165, 1.54) is 24.4 Å². The first-order valence-corrected chi connectivity index (χ1v) is 5.06. The smallest absolute Gasteiger partial charge is 0.257 e. The Morgan fingerprint density at radius 3 is 2.78 bits per heavy atom. The van der Waals surface area contributed by atoms with Gasteiger partial charge >= 0.3 is 0 Å². The van der Waals surface area contributed by atoms with Gasteiger partial charge in [0.1, 0.15) is 11.6 Å². The Balaban J connectivity index is 2.21. The monoisotopic (exact) mass is 247 g/mol. The van der Waals surface area contributed by atoms with Gasteiger partial charge < -0.3 is 16.2 Å². The number of halogens is 1. The van der Waals surface area contributed by atoms with E-state index in [1.54, 1.807) is 0 Å². The Kier molecular flexibility index (Phi) is 3.09. The van der Waals surface area contributed by atoms with Gasteiger partial charge in [0.2, 0.25) is 0 Å². The molecule has 0 bridgehead atoms. The van der Waals surface area contributed by atoms with Crippen LogP contribution in [0.3, 0.4) is 0 Å². The minimum atomic E-state index is -0.596. The summed E-state index contributed by atoms with van der Waals surface area (Å²) in [6, 6.07) is 5.21. The third kappa shape index (κ3) is 2.54. The summed E-state index contributed by atoms with van der Waals surface area (Å²) in [4.78, 5) is 15.3. The molecule has 0 fully saturated rings. The molecule has 6 heteroatoms. The largest absolute Gasteiger partial charge is 0.508 e. The molecule has 0 saturated heterocycles. The van der Waals surface area contributed by atoms with Gasteiger partial charge in [0.15, 0.2) is 0 Å². The number of aromatic hydroxyl groups is 1. The van der Waals surface area contributed by atoms with Crippen molar-refractivity contribution in [3.63, 3.8) is 0 Å². The molecule has 0 saturated carbocycles. The van der Waals surface area contributed by atoms with E-state index in [4.69, 9.17) is 5.73 Å². The molecule has 92 valence electrons. The molecule has 0 atom stereocenters. The van der Waals surface area contributed by atoms with Gasteiger partial charge in [-0.3, -0.25) is 9.78 Å². The van der Waals surface area contributed by atoms with Crippen molar-refractivity contribution >= 4 is 17.3 Å². The number of hydrogen-bond acceptors (Lipinski definition) is 4. The zero-order chi connectivity index (χ0) is 13.1. The van der Waals surface area contributed by atoms with Crippen LogP contribution in [0.1, 0.15) is 10.4 Å². The second kappa shape index (κ2) is 4.70. The normalized spacial score (nSPS) is 10.1. The van der Waals surface area contributed by atoms with Crippen LogP contribution >= 0.6 is 0 Å². The fourth-order valence-electron chi connectivity index (χ4n) is 1.39. The predicted molar refractivity (Wildman–Crippen MR) is 64.7 cm³/mol. The van der Waals surface area contributed by atoms with Gasteiger partial charge in [0.05, 0.1) is 23.1 Å². The molecule has 0 aliphatic rings. The molecule has 0 spiro atoms. The molecular formula is C12H10FN3O2. The molecule has 5 nitrogen and oxygen atoms in total. The highest BCUT2D eigenvalue weighted by molar-refractivity contribution is 6.05. The molecule has 1 heterocycles. The van der Waals surface area contributed by atoms with Crippen molar-refractivity contribution < 1.29 is 14.3 Å². The number of rotatable bonds is 2. The third-order valence-corrected chi connectivity index (χ3v) is 2.25. The summed E-state index contributed by atoms with van der Waals surface area (Å²) in [7, 11) is 0. The molecule has 0 radical (unpaired) electrons. The summed E-state index contributed by atoms with van der Waals surface area (Å²) in [5.74, 6) is -1.13. The molecule has 1 amide bonds. The fourth-order valence-corrected chi connectivity index (χ4v) is 1.39. The zero-order valence-electron chi connectivity index (χ0n) is 9.22. The predicted octanol–water partition coefficient (Wildman–Crippen LogP) is 1.76. The van der Waals surface area contributed by atoms with Gasteiger partial charge in [-0.2, -0.15) is 0 Å². The number of phenolic OH excluding ortho intramolecular Hbond substituents is 1. The first kappa shape index (κ1) is 11.8. The summed E-state index contributed by atoms with van der Waals surface area (Å²) in [6.45, 7) is 0. The summed E-state index contributed by atoms with van der Waals surface area (Å²) >= 11 is 0. The van der Waals surface area contributed by atoms with E-state index >= 15 is 0 Å². The Morgan fingerprint density at radius 2 is 2.11 bits per heavy atom. The van der Waals surface area contributed by atoms with E-state index in [-0.39, 0.29) is 17.0 Å². The maximum absolute atomic E-state index is 12.9. The van der Waals surface area contributed by atoms with Crippen molar-refractivity contribution in [3.05, 3.63) is 48.0 Å². The Hall–Kier alpha value is -2.63. The standard InChI is InChI=1S/C12H10FN3O2/c13-8-3-7(5-15-6-8)12(18)16-11-2-1-9(17)4-10(11)14/h1-6,17H,14H2,(H,16,18). The average Bonchev–Trinajstić information content (AvgIpc) is 2.32. The SMILES string of the molecule is Nc1cc(O)ccc1NC(=O)c1cncc(F)c1. The van der Waals surface area contributed by atoms with Crippen molar-refractivity contribution in [3.8, 4) is 5.75 Å². The highest BCUT2D eigenvalue weighted by atomic mass is 19.1. The number of nitrogens with two attached hydrogens (primary N) is 1. The Bertz CT molecular complexity index is 602. The lowest BCUT2D eigenvalue weighted by Gasteiger charge is -2.08. The number of amides is 1. The van der Waals surface area contributed by atoms with Crippen LogP contribution in [0.25, 0.3) is 0 Å². The molecule has 2 aromatic rings. The number of carbonyl (C=O) groups is 1. The fraction of sp³-hybridized carbons (Fsp3) is 0. The van der Waals surface area contributed by atoms with Crippen LogP contribution in [0.5, 0.6) is 5.75 Å². The average molecular weight is 247 g/mol. The quantitative estimate of drug-likeness (QED) is 0.557. The summed E-state index contributed by atoms with van der Waals surface area (Å²) in [5, 5.41) is 11.7. The molecule has 0 aliphatic carbocycles. The van der Waals surface area contributed by atoms with E-state index in [9.17, 15) is 14.3 Å². The Labute approximate surface area is 102 Å². The summed E-state index contributed by atoms with van der Waals surface area (Å²) in [6.07, 6.45) is 2.25. The van der Waals surface area contributed by atoms with Gasteiger partial charge in [-0.15, -0.1) is 0 Å². The number of carbonyl (C=O) groups excluding carboxylic acids is 1. The molecule has 4 N–H and O–H groups in total. The minimum Gasteiger partial charge on any atom is -0.508 e. The molecule has 0 unspecified atom stereocenters. The maximum atomic E-state index is 12.9. The maximum Gasteiger partial charge on any atom is 0.257 e. The van der Waals surface area contributed by atoms with E-state index < -0.39 is 11.7 Å². The number of phenols is 1. The number of hydrogen-bond donors (Lipinski definition) is 3. The van der Waals surface area contributed by atoms with Crippen LogP contribution in [0.2, 0.25) is 0 Å². The van der Waals surface area contributed by atoms with Crippen LogP contribution in [-0.2, 0) is 0 Å². The summed E-state index contributed by atoms with van der Waals surface area (Å²) in [5.41, 5.74) is 6.25. The molecule has 18 heavy (non-hydrogen) atoms. The number of nitrogens with one attached hydrogen (secondary N) is 1. The molecule has 1 aromatic carbocycles. The number of anilines is 2. The number of benzene rings is 1. The van der Waals surface area contributed by atoms with Crippen molar-refractivity contribution in [1.29, 1.82) is 0 Å². The molecule has 2 rings (SSSR count). The highest BCUT2D eigenvalue weighted by Gasteiger charge is 2.09. The van der Waals surface area contributed by atoms with Crippen molar-refractivity contribution in [2.24, 2.45) is 0 Å². The second-order valence-corrected chi connectivity index (χ2v) is 3.62. The van der Waals surface area contributed by atoms with Crippen LogP contribution in [0, 0.1) is 5.82 Å². The van der Waals surface area contributed by atoms with Crippen molar-refractivity contribution in [1.82, 2.24) is 4.98 Å². The van der Waals surface area contributed by atoms with Crippen LogP contribution in [-0.4, -0.2) is 16.0 Å². The van der Waals surface area contributed by atoms with E-state index in [0.29, 0.717) is 5.69 Å². The first-order chi connectivity index (χ1) is 8.56. The molecule has 1 aromatic heterocycles. The van der Waals surface area contributed by atoms with Gasteiger partial charge in [-0.1, -0.05) is 0 Å². The summed E-state index contributed by atoms with van der Waals surface area (Å²) < 4.78 is 12.9. The van der Waals surface area contributed by atoms with Crippen molar-refractivity contribution in [2.75, 3.05) is 11.1 Å². The number of pyridine rings is 1. The Morgan fingerprint density at radius 1 is 1.33 bits per heavy atom. The van der Waals surface area contributed by atoms with Gasteiger partial charge in [0, 0.05) is 12.3 Å². The molecular weight excluding hydrogens is 237 g/mol. The van der Waals surface area contributed by atoms with Crippen molar-refractivity contribution in [2.45, 2.75) is 0 Å². The lowest BCUT2D eigenvalue weighted by Crippen LogP contribution is -2.13. The molecule has 0 aliphatic heterocycles. The van der Waals surface area contributed by atoms with E-state index in [1.807, 2.05) is 0 Å². The topological polar surface area (TPSA) is 88.2 Å². The lowest BCUT2D eigenvalue weighted by atomic mass is 10.2. The first-order valence-electron chi connectivity index (χ1n) is 5.06. The number of aromatic nitrogens is 1. The third-order valence-electron chi connectivity index (χ3n) is 2.25. The van der Waals surface area contributed by atoms with Gasteiger partial charge in [0.25, 0.3) is 5.91 Å².